The topological polar surface area (TPSA) is 55.1 Å². The molecule has 0 radical (unpaired) electrons. The van der Waals surface area contributed by atoms with Crippen LogP contribution in [-0.2, 0) is 4.79 Å². The Hall–Kier alpha value is -0.640. The molecule has 2 unspecified atom stereocenters. The third-order valence-electron chi connectivity index (χ3n) is 5.04. The van der Waals surface area contributed by atoms with E-state index in [-0.39, 0.29) is 5.91 Å². The molecule has 0 aromatic rings. The minimum absolute atomic E-state index is 0.0938. The fourth-order valence-electron chi connectivity index (χ4n) is 3.58. The van der Waals surface area contributed by atoms with Crippen molar-refractivity contribution >= 4 is 23.1 Å². The van der Waals surface area contributed by atoms with Crippen molar-refractivity contribution in [3.63, 3.8) is 0 Å². The Labute approximate surface area is 121 Å². The molecule has 0 spiro atoms. The predicted octanol–water partition coefficient (Wildman–Crippen LogP) is 2.92. The predicted molar refractivity (Wildman–Crippen MR) is 81.9 cm³/mol. The lowest BCUT2D eigenvalue weighted by molar-refractivity contribution is -0.128. The van der Waals surface area contributed by atoms with Crippen LogP contribution in [0.2, 0.25) is 0 Å². The number of rotatable bonds is 3. The van der Waals surface area contributed by atoms with Gasteiger partial charge < -0.3 is 11.1 Å². The average molecular weight is 282 g/mol. The molecule has 19 heavy (non-hydrogen) atoms. The third-order valence-corrected chi connectivity index (χ3v) is 5.43. The van der Waals surface area contributed by atoms with Crippen molar-refractivity contribution in [1.82, 2.24) is 5.32 Å². The first-order chi connectivity index (χ1) is 9.06. The number of carbonyl (C=O) groups excluding carboxylic acids is 1. The second-order valence-corrected chi connectivity index (χ2v) is 6.79. The van der Waals surface area contributed by atoms with Gasteiger partial charge in [-0.05, 0) is 31.6 Å². The highest BCUT2D eigenvalue weighted by atomic mass is 32.1. The van der Waals surface area contributed by atoms with Crippen molar-refractivity contribution in [2.24, 2.45) is 17.1 Å². The Bertz CT molecular complexity index is 350. The maximum atomic E-state index is 12.7. The maximum absolute atomic E-state index is 12.7. The zero-order valence-electron chi connectivity index (χ0n) is 11.9. The number of hydrogen-bond donors (Lipinski definition) is 2. The van der Waals surface area contributed by atoms with E-state index >= 15 is 0 Å². The van der Waals surface area contributed by atoms with Gasteiger partial charge in [-0.1, -0.05) is 51.2 Å². The van der Waals surface area contributed by atoms with Crippen molar-refractivity contribution in [2.45, 2.75) is 70.8 Å². The van der Waals surface area contributed by atoms with Gasteiger partial charge in [0.1, 0.15) is 0 Å². The summed E-state index contributed by atoms with van der Waals surface area (Å²) in [7, 11) is 0. The molecule has 0 heterocycles. The second kappa shape index (κ2) is 6.21. The summed E-state index contributed by atoms with van der Waals surface area (Å²) < 4.78 is 0. The summed E-state index contributed by atoms with van der Waals surface area (Å²) in [5, 5.41) is 3.27. The molecule has 0 aliphatic heterocycles. The zero-order valence-corrected chi connectivity index (χ0v) is 12.7. The minimum atomic E-state index is -0.554. The van der Waals surface area contributed by atoms with Gasteiger partial charge in [-0.2, -0.15) is 0 Å². The van der Waals surface area contributed by atoms with Crippen LogP contribution in [0.4, 0.5) is 0 Å². The van der Waals surface area contributed by atoms with Crippen LogP contribution >= 0.6 is 12.2 Å². The molecule has 3 nitrogen and oxygen atoms in total. The molecule has 0 bridgehead atoms. The Kier molecular flexibility index (Phi) is 4.82. The lowest BCUT2D eigenvalue weighted by Crippen LogP contribution is -2.51. The number of carbonyl (C=O) groups is 1. The maximum Gasteiger partial charge on any atom is 0.233 e. The van der Waals surface area contributed by atoms with Gasteiger partial charge >= 0.3 is 0 Å². The summed E-state index contributed by atoms with van der Waals surface area (Å²) >= 11 is 5.18. The van der Waals surface area contributed by atoms with Crippen LogP contribution in [0.5, 0.6) is 0 Å². The molecule has 108 valence electrons. The van der Waals surface area contributed by atoms with Crippen molar-refractivity contribution in [2.75, 3.05) is 0 Å². The second-order valence-electron chi connectivity index (χ2n) is 6.35. The zero-order chi connectivity index (χ0) is 13.9. The molecule has 2 rings (SSSR count). The van der Waals surface area contributed by atoms with Gasteiger partial charge in [0, 0.05) is 6.04 Å². The Morgan fingerprint density at radius 1 is 1.16 bits per heavy atom. The van der Waals surface area contributed by atoms with E-state index in [0.29, 0.717) is 16.9 Å². The average Bonchev–Trinajstić information content (AvgIpc) is 2.79. The molecule has 0 aromatic carbocycles. The van der Waals surface area contributed by atoms with Gasteiger partial charge in [-0.3, -0.25) is 4.79 Å². The molecule has 0 aromatic heterocycles. The van der Waals surface area contributed by atoms with E-state index in [1.165, 1.54) is 25.7 Å². The third kappa shape index (κ3) is 3.10. The first-order valence-corrected chi connectivity index (χ1v) is 8.08. The molecule has 4 heteroatoms. The van der Waals surface area contributed by atoms with Crippen molar-refractivity contribution in [3.8, 4) is 0 Å². The number of nitrogens with one attached hydrogen (secondary N) is 1. The molecule has 3 N–H and O–H groups in total. The summed E-state index contributed by atoms with van der Waals surface area (Å²) in [6, 6.07) is 0.307. The lowest BCUT2D eigenvalue weighted by atomic mass is 9.84. The van der Waals surface area contributed by atoms with Crippen LogP contribution in [0.15, 0.2) is 0 Å². The standard InChI is InChI=1S/C15H26N2OS/c1-11-7-3-2-4-8-12(11)17-14(18)15(13(16)19)9-5-6-10-15/h11-12H,2-10H2,1H3,(H2,16,19)(H,17,18). The number of amides is 1. The fraction of sp³-hybridized carbons (Fsp3) is 0.867. The van der Waals surface area contributed by atoms with E-state index in [1.807, 2.05) is 0 Å². The quantitative estimate of drug-likeness (QED) is 0.618. The number of nitrogens with two attached hydrogens (primary N) is 1. The number of hydrogen-bond acceptors (Lipinski definition) is 2. The molecule has 1 amide bonds. The molecule has 2 saturated carbocycles. The number of thiocarbonyl (C=S) groups is 1. The highest BCUT2D eigenvalue weighted by Gasteiger charge is 2.44. The SMILES string of the molecule is CC1CCCCCC1NC(=O)C1(C(N)=S)CCCC1. The summed E-state index contributed by atoms with van der Waals surface area (Å²) in [6.07, 6.45) is 9.88. The largest absolute Gasteiger partial charge is 0.392 e. The van der Waals surface area contributed by atoms with Gasteiger partial charge in [0.05, 0.1) is 10.4 Å². The smallest absolute Gasteiger partial charge is 0.233 e. The van der Waals surface area contributed by atoms with E-state index in [0.717, 1.165) is 32.1 Å². The summed E-state index contributed by atoms with van der Waals surface area (Å²) in [6.45, 7) is 2.25. The summed E-state index contributed by atoms with van der Waals surface area (Å²) in [5.41, 5.74) is 5.32. The van der Waals surface area contributed by atoms with Crippen LogP contribution in [-0.4, -0.2) is 16.9 Å². The van der Waals surface area contributed by atoms with Gasteiger partial charge in [-0.15, -0.1) is 0 Å². The molecule has 2 atom stereocenters. The fourth-order valence-corrected chi connectivity index (χ4v) is 3.87. The monoisotopic (exact) mass is 282 g/mol. The molecule has 0 saturated heterocycles. The van der Waals surface area contributed by atoms with Gasteiger partial charge in [-0.25, -0.2) is 0 Å². The molecule has 2 aliphatic rings. The van der Waals surface area contributed by atoms with Crippen molar-refractivity contribution < 1.29 is 4.79 Å². The molecular formula is C15H26N2OS. The first kappa shape index (κ1) is 14.8. The first-order valence-electron chi connectivity index (χ1n) is 7.67. The van der Waals surface area contributed by atoms with E-state index in [4.69, 9.17) is 18.0 Å². The Morgan fingerprint density at radius 3 is 2.42 bits per heavy atom. The Balaban J connectivity index is 2.04. The van der Waals surface area contributed by atoms with Gasteiger partial charge in [0.2, 0.25) is 5.91 Å². The van der Waals surface area contributed by atoms with Crippen LogP contribution < -0.4 is 11.1 Å². The van der Waals surface area contributed by atoms with Crippen molar-refractivity contribution in [1.29, 1.82) is 0 Å². The van der Waals surface area contributed by atoms with E-state index in [2.05, 4.69) is 12.2 Å². The van der Waals surface area contributed by atoms with E-state index in [9.17, 15) is 4.79 Å². The normalized spacial score (nSPS) is 30.6. The van der Waals surface area contributed by atoms with Crippen molar-refractivity contribution in [3.05, 3.63) is 0 Å². The van der Waals surface area contributed by atoms with Crippen LogP contribution in [0, 0.1) is 11.3 Å². The molecule has 2 aliphatic carbocycles. The lowest BCUT2D eigenvalue weighted by Gasteiger charge is -2.31. The molecule has 2 fully saturated rings. The Morgan fingerprint density at radius 2 is 1.79 bits per heavy atom. The van der Waals surface area contributed by atoms with Gasteiger partial charge in [0.15, 0.2) is 0 Å². The summed E-state index contributed by atoms with van der Waals surface area (Å²) in [5.74, 6) is 0.660. The van der Waals surface area contributed by atoms with E-state index < -0.39 is 5.41 Å². The van der Waals surface area contributed by atoms with Crippen LogP contribution in [0.25, 0.3) is 0 Å². The minimum Gasteiger partial charge on any atom is -0.392 e. The van der Waals surface area contributed by atoms with Crippen LogP contribution in [0.1, 0.15) is 64.7 Å². The highest BCUT2D eigenvalue weighted by Crippen LogP contribution is 2.39. The summed E-state index contributed by atoms with van der Waals surface area (Å²) in [4.78, 5) is 13.0. The van der Waals surface area contributed by atoms with E-state index in [1.54, 1.807) is 0 Å². The highest BCUT2D eigenvalue weighted by molar-refractivity contribution is 7.80. The molecular weight excluding hydrogens is 256 g/mol. The van der Waals surface area contributed by atoms with Gasteiger partial charge in [0.25, 0.3) is 0 Å². The van der Waals surface area contributed by atoms with Crippen LogP contribution in [0.3, 0.4) is 0 Å².